The number of guanidine groups is 4. The van der Waals surface area contributed by atoms with Crippen LogP contribution in [-0.2, 0) is 26.5 Å². The van der Waals surface area contributed by atoms with Gasteiger partial charge in [0.25, 0.3) is 0 Å². The number of nitrogens with two attached hydrogens (primary N) is 11. The summed E-state index contributed by atoms with van der Waals surface area (Å²) in [5.41, 5.74) is 56.4. The molecule has 32 heteroatoms. The molecule has 30 N–H and O–H groups in total. The number of amides is 1. The monoisotopic (exact) mass is 1050 g/mol. The van der Waals surface area contributed by atoms with Crippen LogP contribution in [0.1, 0.15) is 51.4 Å². The molecule has 59 heavy (non-hydrogen) atoms. The van der Waals surface area contributed by atoms with Gasteiger partial charge in [-0.2, -0.15) is 8.42 Å². The molecule has 0 heterocycles. The molecule has 0 saturated heterocycles. The van der Waals surface area contributed by atoms with Crippen molar-refractivity contribution in [3.05, 3.63) is 25.3 Å². The van der Waals surface area contributed by atoms with Crippen molar-refractivity contribution in [2.24, 2.45) is 83.0 Å². The second-order valence-electron chi connectivity index (χ2n) is 9.53. The van der Waals surface area contributed by atoms with Crippen LogP contribution >= 0.6 is 11.6 Å². The maximum atomic E-state index is 10.7. The van der Waals surface area contributed by atoms with Gasteiger partial charge < -0.3 is 79.0 Å². The van der Waals surface area contributed by atoms with E-state index in [0.29, 0.717) is 52.4 Å². The van der Waals surface area contributed by atoms with Gasteiger partial charge >= 0.3 is 74.7 Å². The molecule has 0 rings (SSSR count). The van der Waals surface area contributed by atoms with Crippen molar-refractivity contribution >= 4 is 103 Å². The molecule has 1 amide bonds. The zero-order valence-electron chi connectivity index (χ0n) is 33.6. The summed E-state index contributed by atoms with van der Waals surface area (Å²) in [7, 11) is -3.67. The maximum absolute atomic E-state index is 10.7. The first-order valence-corrected chi connectivity index (χ1v) is 25.2. The number of halogens is 1. The molecule has 0 aromatic carbocycles. The van der Waals surface area contributed by atoms with Gasteiger partial charge in [-0.15, -0.1) is 0 Å². The fourth-order valence-corrected chi connectivity index (χ4v) is 2.12. The van der Waals surface area contributed by atoms with Gasteiger partial charge in [0.15, 0.2) is 23.8 Å². The van der Waals surface area contributed by atoms with Crippen LogP contribution < -0.4 is 68.4 Å². The molecule has 0 bridgehead atoms. The third-order valence-electron chi connectivity index (χ3n) is 4.36. The summed E-state index contributed by atoms with van der Waals surface area (Å²) in [5, 5.41) is 16.6. The summed E-state index contributed by atoms with van der Waals surface area (Å²) in [6.07, 6.45) is 9.85. The zero-order valence-corrected chi connectivity index (χ0v) is 40.4. The number of allylic oxidation sites excluding steroid dienone is 1. The number of hydrogen-bond acceptors (Lipinski definition) is 15. The van der Waals surface area contributed by atoms with Crippen LogP contribution in [0, 0.1) is 0 Å². The summed E-state index contributed by atoms with van der Waals surface area (Å²) in [6.45, 7) is 11.9. The van der Waals surface area contributed by atoms with Gasteiger partial charge in [-0.1, -0.05) is 13.2 Å². The second-order valence-corrected chi connectivity index (χ2v) is 19.0. The number of unbranched alkanes of at least 4 members (excludes halogenated alkanes) is 4. The molecule has 0 aromatic heterocycles. The Balaban J connectivity index is -0.0000000715. The van der Waals surface area contributed by atoms with Crippen molar-refractivity contribution in [1.29, 1.82) is 0 Å². The molecule has 352 valence electrons. The molecular formula is C27H71BaClN16O12S2. The summed E-state index contributed by atoms with van der Waals surface area (Å²) in [6, 6.07) is 0. The molecule has 0 aliphatic rings. The number of rotatable bonds is 20. The predicted molar refractivity (Wildman–Crippen MR) is 237 cm³/mol. The van der Waals surface area contributed by atoms with Crippen LogP contribution in [0.5, 0.6) is 0 Å². The van der Waals surface area contributed by atoms with Crippen molar-refractivity contribution in [3.8, 4) is 0 Å². The first-order chi connectivity index (χ1) is 26.8. The van der Waals surface area contributed by atoms with Gasteiger partial charge in [0.2, 0.25) is 11.1 Å². The van der Waals surface area contributed by atoms with Gasteiger partial charge in [0.05, 0.1) is 0 Å². The fraction of sp³-hybridized carbons (Fsp3) is 0.630. The molecular weight excluding hydrogens is 977 g/mol. The summed E-state index contributed by atoms with van der Waals surface area (Å²) in [5.74, 6) is 0.433. The van der Waals surface area contributed by atoms with Crippen LogP contribution in [-0.4, -0.2) is 180 Å². The molecule has 28 nitrogen and oxygen atoms in total. The minimum atomic E-state index is -4.67. The number of nitrogens with one attached hydrogen (secondary N) is 1. The molecule has 0 spiro atoms. The first-order valence-electron chi connectivity index (χ1n) is 16.4. The third kappa shape index (κ3) is 160. The van der Waals surface area contributed by atoms with Crippen LogP contribution in [0.25, 0.3) is 0 Å². The van der Waals surface area contributed by atoms with Crippen LogP contribution in [0.15, 0.2) is 45.3 Å². The number of aliphatic hydroxyl groups excluding tert-OH is 1. The Morgan fingerprint density at radius 3 is 1.02 bits per heavy atom. The van der Waals surface area contributed by atoms with Crippen LogP contribution in [0.4, 0.5) is 0 Å². The SMILES string of the molecule is C=CC(=O)Cl.C=CC(=O)NCCCCN=C(N)N.CO.NCCCCN=C(N)N.NCCCCN=C(N)N.NCCCCN=C(N)N.O.O=S(=O)(O)O.O=[S](O)(=[Ba])OO. The Kier molecular flexibility index (Phi) is 80.7. The Bertz CT molecular complexity index is 1240. The Hall–Kier alpha value is -2.74. The Morgan fingerprint density at radius 1 is 0.644 bits per heavy atom. The molecule has 1 atom stereocenters. The van der Waals surface area contributed by atoms with Crippen molar-refractivity contribution < 1.29 is 56.0 Å². The summed E-state index contributed by atoms with van der Waals surface area (Å²) in [4.78, 5) is 35.3. The molecule has 0 fully saturated rings. The topological polar surface area (TPSA) is 575 Å². The molecule has 0 aromatic rings. The number of hydrogen-bond donors (Lipinski definition) is 17. The van der Waals surface area contributed by atoms with Gasteiger partial charge in [0.1, 0.15) is 0 Å². The van der Waals surface area contributed by atoms with Crippen LogP contribution in [0.2, 0.25) is 0 Å². The van der Waals surface area contributed by atoms with E-state index in [2.05, 4.69) is 42.8 Å². The molecule has 0 aliphatic heterocycles. The Labute approximate surface area is 380 Å². The standard InChI is InChI=1S/C8H16N4O.3C5H14N4.C3H3ClO.CH4O.Ba.2H2O4S.H2O/c1-2-7(13)11-5-3-4-6-12-8(9)10;3*6-3-1-2-4-9-5(7)8;1-2-3(4)5;1-2;;1-5(2,3)4;1-4-5(2)3;/h2H,1,3-6H2,(H,11,13)(H4,9,10,12);3*1-4,6H2,(H4,7,8,9);2H,1H2;2H,1H3;;(H2,1,2,3,4);1H,(H,2,3);1H2. The van der Waals surface area contributed by atoms with Crippen molar-refractivity contribution in [2.45, 2.75) is 51.4 Å². The van der Waals surface area contributed by atoms with E-state index in [1.165, 1.54) is 6.08 Å². The van der Waals surface area contributed by atoms with E-state index in [1.807, 2.05) is 0 Å². The normalized spacial score (nSPS) is 9.76. The van der Waals surface area contributed by atoms with E-state index in [9.17, 15) is 13.8 Å². The van der Waals surface area contributed by atoms with E-state index < -0.39 is 61.6 Å². The third-order valence-corrected chi connectivity index (χ3v) is 5.74. The van der Waals surface area contributed by atoms with E-state index in [4.69, 9.17) is 107 Å². The first kappa shape index (κ1) is 76.9. The zero-order chi connectivity index (χ0) is 47.4. The average molecular weight is 1050 g/mol. The van der Waals surface area contributed by atoms with Gasteiger partial charge in [0, 0.05) is 39.8 Å². The van der Waals surface area contributed by atoms with Crippen molar-refractivity contribution in [1.82, 2.24) is 5.32 Å². The molecule has 0 saturated carbocycles. The number of nitrogens with zero attached hydrogens (tertiary/aromatic N) is 4. The van der Waals surface area contributed by atoms with E-state index >= 15 is 0 Å². The van der Waals surface area contributed by atoms with E-state index in [0.717, 1.165) is 64.6 Å². The fourth-order valence-electron chi connectivity index (χ4n) is 2.12. The average Bonchev–Trinajstić information content (AvgIpc) is 3.12. The number of carbonyl (C=O) groups excluding carboxylic acids is 2. The molecule has 1 unspecified atom stereocenters. The van der Waals surface area contributed by atoms with Gasteiger partial charge in [-0.3, -0.25) is 38.7 Å². The van der Waals surface area contributed by atoms with Crippen LogP contribution in [0.3, 0.4) is 0 Å². The minimum absolute atomic E-state index is 0. The molecule has 0 aliphatic carbocycles. The molecule has 0 radical (unpaired) electrons. The number of aliphatic imine (C=N–C) groups is 4. The second kappa shape index (κ2) is 61.9. The van der Waals surface area contributed by atoms with E-state index in [-0.39, 0.29) is 35.2 Å². The van der Waals surface area contributed by atoms with Gasteiger partial charge in [-0.25, -0.2) is 0 Å². The summed E-state index contributed by atoms with van der Waals surface area (Å²) < 4.78 is 49.2. The number of carbonyl (C=O) groups is 2. The van der Waals surface area contributed by atoms with E-state index in [1.54, 1.807) is 0 Å². The number of aliphatic hydroxyl groups is 1. The van der Waals surface area contributed by atoms with Crippen molar-refractivity contribution in [2.75, 3.05) is 59.5 Å². The van der Waals surface area contributed by atoms with Crippen molar-refractivity contribution in [3.63, 3.8) is 0 Å². The Morgan fingerprint density at radius 2 is 0.864 bits per heavy atom. The quantitative estimate of drug-likeness (QED) is 0.00623. The predicted octanol–water partition coefficient (Wildman–Crippen LogP) is -5.36. The van der Waals surface area contributed by atoms with Gasteiger partial charge in [-0.05, 0) is 94.8 Å². The summed E-state index contributed by atoms with van der Waals surface area (Å²) >= 11 is 4.28.